The summed E-state index contributed by atoms with van der Waals surface area (Å²) in [6.07, 6.45) is 2.78. The van der Waals surface area contributed by atoms with Crippen LogP contribution in [0.15, 0.2) is 0 Å². The van der Waals surface area contributed by atoms with Crippen molar-refractivity contribution >= 4 is 0 Å². The van der Waals surface area contributed by atoms with Gasteiger partial charge < -0.3 is 14.9 Å². The van der Waals surface area contributed by atoms with Gasteiger partial charge in [-0.15, -0.1) is 0 Å². The summed E-state index contributed by atoms with van der Waals surface area (Å²) < 4.78 is 5.04. The minimum atomic E-state index is -1.02. The zero-order valence-electron chi connectivity index (χ0n) is 14.7. The smallest absolute Gasteiger partial charge is 0.157 e. The molecule has 1 rings (SSSR count). The Morgan fingerprint density at radius 1 is 1.23 bits per heavy atom. The van der Waals surface area contributed by atoms with Crippen LogP contribution in [0.25, 0.3) is 0 Å². The SMILES string of the molecule is COC(O)C(C)C1CCC(C)C(CCC(C)C)C1(CO)OO. The zero-order valence-corrected chi connectivity index (χ0v) is 14.7. The molecule has 0 aromatic heterocycles. The van der Waals surface area contributed by atoms with Crippen molar-refractivity contribution in [2.24, 2.45) is 29.6 Å². The van der Waals surface area contributed by atoms with Gasteiger partial charge in [0.15, 0.2) is 6.29 Å². The molecule has 0 aliphatic heterocycles. The van der Waals surface area contributed by atoms with Gasteiger partial charge in [-0.3, -0.25) is 5.26 Å². The Morgan fingerprint density at radius 2 is 1.86 bits per heavy atom. The maximum absolute atomic E-state index is 10.1. The topological polar surface area (TPSA) is 79.2 Å². The van der Waals surface area contributed by atoms with E-state index in [2.05, 4.69) is 20.8 Å². The van der Waals surface area contributed by atoms with Gasteiger partial charge in [-0.05, 0) is 37.0 Å². The molecule has 1 saturated carbocycles. The van der Waals surface area contributed by atoms with E-state index in [1.54, 1.807) is 0 Å². The Morgan fingerprint density at radius 3 is 2.32 bits per heavy atom. The van der Waals surface area contributed by atoms with E-state index in [-0.39, 0.29) is 24.4 Å². The van der Waals surface area contributed by atoms with E-state index in [1.807, 2.05) is 6.92 Å². The third-order valence-electron chi connectivity index (χ3n) is 5.67. The Hall–Kier alpha value is -0.200. The molecule has 22 heavy (non-hydrogen) atoms. The maximum Gasteiger partial charge on any atom is 0.157 e. The fourth-order valence-corrected chi connectivity index (χ4v) is 4.21. The second-order valence-electron chi connectivity index (χ2n) is 7.43. The van der Waals surface area contributed by atoms with Crippen LogP contribution in [0.4, 0.5) is 0 Å². The fraction of sp³-hybridized carbons (Fsp3) is 1.00. The monoisotopic (exact) mass is 318 g/mol. The average Bonchev–Trinajstić information content (AvgIpc) is 2.51. The van der Waals surface area contributed by atoms with Crippen molar-refractivity contribution in [2.45, 2.75) is 65.3 Å². The number of rotatable bonds is 8. The highest BCUT2D eigenvalue weighted by Gasteiger charge is 2.54. The summed E-state index contributed by atoms with van der Waals surface area (Å²) in [5.74, 6) is 0.616. The predicted octanol–water partition coefficient (Wildman–Crippen LogP) is 2.91. The van der Waals surface area contributed by atoms with Crippen molar-refractivity contribution in [2.75, 3.05) is 13.7 Å². The highest BCUT2D eigenvalue weighted by molar-refractivity contribution is 5.01. The average molecular weight is 318 g/mol. The van der Waals surface area contributed by atoms with Crippen LogP contribution in [0.3, 0.4) is 0 Å². The summed E-state index contributed by atoms with van der Waals surface area (Å²) >= 11 is 0. The quantitative estimate of drug-likeness (QED) is 0.364. The molecule has 1 aliphatic carbocycles. The molecule has 1 fully saturated rings. The van der Waals surface area contributed by atoms with Crippen molar-refractivity contribution < 1.29 is 25.1 Å². The van der Waals surface area contributed by atoms with Crippen molar-refractivity contribution in [1.82, 2.24) is 0 Å². The minimum absolute atomic E-state index is 0.0650. The van der Waals surface area contributed by atoms with Crippen LogP contribution in [0.2, 0.25) is 0 Å². The summed E-state index contributed by atoms with van der Waals surface area (Å²) in [6, 6.07) is 0. The number of aliphatic hydroxyl groups is 2. The van der Waals surface area contributed by atoms with Gasteiger partial charge in [-0.25, -0.2) is 4.89 Å². The van der Waals surface area contributed by atoms with Gasteiger partial charge in [0.05, 0.1) is 6.61 Å². The zero-order chi connectivity index (χ0) is 16.9. The molecule has 6 unspecified atom stereocenters. The molecule has 5 heteroatoms. The van der Waals surface area contributed by atoms with E-state index in [0.29, 0.717) is 11.8 Å². The van der Waals surface area contributed by atoms with Gasteiger partial charge in [-0.2, -0.15) is 0 Å². The minimum Gasteiger partial charge on any atom is -0.393 e. The van der Waals surface area contributed by atoms with Gasteiger partial charge in [0.1, 0.15) is 5.60 Å². The van der Waals surface area contributed by atoms with Crippen LogP contribution < -0.4 is 0 Å². The van der Waals surface area contributed by atoms with Crippen molar-refractivity contribution in [1.29, 1.82) is 0 Å². The van der Waals surface area contributed by atoms with Gasteiger partial charge in [0.2, 0.25) is 0 Å². The molecule has 0 bridgehead atoms. The second-order valence-corrected chi connectivity index (χ2v) is 7.43. The Bertz CT molecular complexity index is 316. The van der Waals surface area contributed by atoms with Crippen LogP contribution in [0, 0.1) is 29.6 Å². The van der Waals surface area contributed by atoms with E-state index < -0.39 is 11.9 Å². The first kappa shape index (κ1) is 19.8. The lowest BCUT2D eigenvalue weighted by Gasteiger charge is -2.51. The van der Waals surface area contributed by atoms with Crippen molar-refractivity contribution in [3.8, 4) is 0 Å². The van der Waals surface area contributed by atoms with E-state index in [9.17, 15) is 15.5 Å². The Balaban J connectivity index is 3.06. The summed E-state index contributed by atoms with van der Waals surface area (Å²) in [5.41, 5.74) is -1.02. The summed E-state index contributed by atoms with van der Waals surface area (Å²) in [7, 11) is 1.46. The van der Waals surface area contributed by atoms with Crippen LogP contribution >= 0.6 is 0 Å². The molecule has 0 aromatic carbocycles. The molecule has 1 aliphatic rings. The Kier molecular flexibility index (Phi) is 7.75. The van der Waals surface area contributed by atoms with Crippen molar-refractivity contribution in [3.63, 3.8) is 0 Å². The van der Waals surface area contributed by atoms with Crippen LogP contribution in [-0.4, -0.2) is 41.1 Å². The van der Waals surface area contributed by atoms with Gasteiger partial charge >= 0.3 is 0 Å². The van der Waals surface area contributed by atoms with E-state index >= 15 is 0 Å². The molecular formula is C17H34O5. The van der Waals surface area contributed by atoms with Crippen LogP contribution in [-0.2, 0) is 9.62 Å². The molecule has 0 amide bonds. The lowest BCUT2D eigenvalue weighted by Crippen LogP contribution is -2.58. The summed E-state index contributed by atoms with van der Waals surface area (Å²) in [4.78, 5) is 4.96. The number of hydrogen-bond acceptors (Lipinski definition) is 5. The lowest BCUT2D eigenvalue weighted by atomic mass is 9.59. The molecule has 0 spiro atoms. The fourth-order valence-electron chi connectivity index (χ4n) is 4.21. The lowest BCUT2D eigenvalue weighted by molar-refractivity contribution is -0.379. The van der Waals surface area contributed by atoms with Gasteiger partial charge in [0.25, 0.3) is 0 Å². The van der Waals surface area contributed by atoms with E-state index in [1.165, 1.54) is 7.11 Å². The Labute approximate surface area is 134 Å². The molecule has 0 aromatic rings. The molecule has 0 saturated heterocycles. The first-order valence-electron chi connectivity index (χ1n) is 8.48. The standard InChI is InChI=1S/C17H34O5/c1-11(2)6-8-14-12(3)7-9-15(13(4)16(19)21-5)17(14,10-18)22-20/h11-16,18-20H,6-10H2,1-5H3. The number of ether oxygens (including phenoxy) is 1. The van der Waals surface area contributed by atoms with E-state index in [0.717, 1.165) is 25.7 Å². The molecule has 3 N–H and O–H groups in total. The summed E-state index contributed by atoms with van der Waals surface area (Å²) in [5, 5.41) is 29.8. The molecule has 0 radical (unpaired) electrons. The molecule has 132 valence electrons. The van der Waals surface area contributed by atoms with Gasteiger partial charge in [-0.1, -0.05) is 34.1 Å². The maximum atomic E-state index is 10.1. The van der Waals surface area contributed by atoms with Crippen LogP contribution in [0.1, 0.15) is 53.4 Å². The van der Waals surface area contributed by atoms with Crippen LogP contribution in [0.5, 0.6) is 0 Å². The summed E-state index contributed by atoms with van der Waals surface area (Å²) in [6.45, 7) is 8.13. The molecular weight excluding hydrogens is 284 g/mol. The van der Waals surface area contributed by atoms with E-state index in [4.69, 9.17) is 9.62 Å². The first-order valence-corrected chi connectivity index (χ1v) is 8.48. The second kappa shape index (κ2) is 8.60. The van der Waals surface area contributed by atoms with Crippen molar-refractivity contribution in [3.05, 3.63) is 0 Å². The van der Waals surface area contributed by atoms with Gasteiger partial charge in [0, 0.05) is 18.9 Å². The third-order valence-corrected chi connectivity index (χ3v) is 5.67. The highest BCUT2D eigenvalue weighted by Crippen LogP contribution is 2.49. The first-order chi connectivity index (χ1) is 10.3. The number of aliphatic hydroxyl groups excluding tert-OH is 2. The molecule has 6 atom stereocenters. The third kappa shape index (κ3) is 4.01. The largest absolute Gasteiger partial charge is 0.393 e. The molecule has 5 nitrogen and oxygen atoms in total. The normalized spacial score (nSPS) is 35.6. The predicted molar refractivity (Wildman–Crippen MR) is 85.2 cm³/mol. The number of methoxy groups -OCH3 is 1. The number of hydrogen-bond donors (Lipinski definition) is 3. The molecule has 0 heterocycles. The highest BCUT2D eigenvalue weighted by atomic mass is 17.1.